The Bertz CT molecular complexity index is 2010. The van der Waals surface area contributed by atoms with E-state index in [0.717, 1.165) is 21.2 Å². The molecule has 0 spiro atoms. The van der Waals surface area contributed by atoms with Crippen molar-refractivity contribution in [3.63, 3.8) is 0 Å². The Kier molecular flexibility index (Phi) is 10.8. The van der Waals surface area contributed by atoms with Gasteiger partial charge >= 0.3 is 5.97 Å². The summed E-state index contributed by atoms with van der Waals surface area (Å²) in [6, 6.07) is 18.4. The molecule has 0 fully saturated rings. The second kappa shape index (κ2) is 15.0. The third-order valence-corrected chi connectivity index (χ3v) is 8.94. The van der Waals surface area contributed by atoms with Gasteiger partial charge < -0.3 is 18.9 Å². The maximum absolute atomic E-state index is 14.3. The Morgan fingerprint density at radius 1 is 1.13 bits per heavy atom. The van der Waals surface area contributed by atoms with Crippen LogP contribution in [-0.2, 0) is 22.6 Å². The van der Waals surface area contributed by atoms with Crippen LogP contribution in [0, 0.1) is 0 Å². The number of methoxy groups -OCH3 is 1. The average molecular weight is 718 g/mol. The predicted octanol–water partition coefficient (Wildman–Crippen LogP) is 6.66. The molecule has 5 rings (SSSR count). The summed E-state index contributed by atoms with van der Waals surface area (Å²) in [6.45, 7) is 11.9. The van der Waals surface area contributed by atoms with Crippen LogP contribution in [0.15, 0.2) is 98.8 Å². The highest BCUT2D eigenvalue weighted by Crippen LogP contribution is 2.37. The summed E-state index contributed by atoms with van der Waals surface area (Å²) in [5, 5.41) is 0. The second-order valence-electron chi connectivity index (χ2n) is 11.1. The first-order chi connectivity index (χ1) is 22.6. The molecule has 0 amide bonds. The molecule has 3 aromatic carbocycles. The van der Waals surface area contributed by atoms with Gasteiger partial charge in [0.15, 0.2) is 16.3 Å². The SMILES string of the molecule is C=CCc1cc(/C=c2/sc3n(c2=O)[C@H](c2ccccc2OC(C)C)C(C(=O)OCC)=C(C)N=3)cc(OC)c1OCc1ccc(Br)cc1. The first-order valence-electron chi connectivity index (χ1n) is 15.3. The van der Waals surface area contributed by atoms with Gasteiger partial charge in [-0.25, -0.2) is 9.79 Å². The topological polar surface area (TPSA) is 88.4 Å². The third-order valence-electron chi connectivity index (χ3n) is 7.43. The molecule has 0 unspecified atom stereocenters. The fraction of sp³-hybridized carbons (Fsp3) is 0.270. The van der Waals surface area contributed by atoms with Crippen molar-refractivity contribution in [1.29, 1.82) is 0 Å². The molecule has 1 aliphatic rings. The van der Waals surface area contributed by atoms with E-state index in [-0.39, 0.29) is 18.3 Å². The summed E-state index contributed by atoms with van der Waals surface area (Å²) < 4.78 is 26.6. The van der Waals surface area contributed by atoms with Crippen molar-refractivity contribution in [1.82, 2.24) is 4.57 Å². The normalized spacial score (nSPS) is 14.4. The minimum atomic E-state index is -0.789. The van der Waals surface area contributed by atoms with Crippen molar-refractivity contribution >= 4 is 39.3 Å². The van der Waals surface area contributed by atoms with Crippen molar-refractivity contribution in [2.24, 2.45) is 4.99 Å². The summed E-state index contributed by atoms with van der Waals surface area (Å²) in [5.41, 5.74) is 3.81. The summed E-state index contributed by atoms with van der Waals surface area (Å²) in [5.74, 6) is 1.21. The lowest BCUT2D eigenvalue weighted by atomic mass is 9.95. The number of ether oxygens (including phenoxy) is 4. The number of thiazole rings is 1. The van der Waals surface area contributed by atoms with E-state index >= 15 is 0 Å². The standard InChI is InChI=1S/C37H37BrN2O6S/c1-7-11-26-18-25(19-30(43-6)34(26)45-21-24-14-16-27(38)17-15-24)20-31-35(41)40-33(28-12-9-10-13-29(28)46-22(3)4)32(36(42)44-8-2)23(5)39-37(40)47-31/h7,9-10,12-20,22,33H,1,8,11,21H2,2-6H3/b31-20+/t33-/m1/s1. The highest BCUT2D eigenvalue weighted by Gasteiger charge is 2.35. The lowest BCUT2D eigenvalue weighted by Gasteiger charge is -2.26. The van der Waals surface area contributed by atoms with Crippen molar-refractivity contribution < 1.29 is 23.7 Å². The molecular formula is C37H37BrN2O6S. The van der Waals surface area contributed by atoms with E-state index in [1.54, 1.807) is 31.6 Å². The molecule has 1 atom stereocenters. The smallest absolute Gasteiger partial charge is 0.338 e. The Balaban J connectivity index is 1.63. The average Bonchev–Trinajstić information content (AvgIpc) is 3.34. The zero-order valence-corrected chi connectivity index (χ0v) is 29.4. The van der Waals surface area contributed by atoms with Crippen molar-refractivity contribution in [2.45, 2.75) is 52.9 Å². The number of rotatable bonds is 12. The highest BCUT2D eigenvalue weighted by molar-refractivity contribution is 9.10. The predicted molar refractivity (Wildman–Crippen MR) is 188 cm³/mol. The van der Waals surface area contributed by atoms with Crippen LogP contribution < -0.4 is 29.1 Å². The molecular weight excluding hydrogens is 680 g/mol. The largest absolute Gasteiger partial charge is 0.493 e. The van der Waals surface area contributed by atoms with Crippen molar-refractivity contribution in [3.8, 4) is 17.2 Å². The number of allylic oxidation sites excluding steroid dienone is 2. The van der Waals surface area contributed by atoms with Gasteiger partial charge in [-0.1, -0.05) is 63.7 Å². The molecule has 0 saturated carbocycles. The molecule has 8 nitrogen and oxygen atoms in total. The minimum absolute atomic E-state index is 0.121. The molecule has 0 aliphatic carbocycles. The summed E-state index contributed by atoms with van der Waals surface area (Å²) in [6.07, 6.45) is 4.03. The summed E-state index contributed by atoms with van der Waals surface area (Å²) >= 11 is 4.72. The van der Waals surface area contributed by atoms with Crippen LogP contribution in [0.2, 0.25) is 0 Å². The van der Waals surface area contributed by atoms with Crippen LogP contribution in [0.5, 0.6) is 17.2 Å². The fourth-order valence-corrected chi connectivity index (χ4v) is 6.74. The number of carbonyl (C=O) groups is 1. The van der Waals surface area contributed by atoms with Gasteiger partial charge in [0, 0.05) is 15.6 Å². The van der Waals surface area contributed by atoms with E-state index in [4.69, 9.17) is 23.9 Å². The van der Waals surface area contributed by atoms with Crippen LogP contribution in [0.4, 0.5) is 0 Å². The summed E-state index contributed by atoms with van der Waals surface area (Å²) in [7, 11) is 1.59. The van der Waals surface area contributed by atoms with E-state index in [1.165, 1.54) is 11.3 Å². The first-order valence-corrected chi connectivity index (χ1v) is 16.9. The molecule has 0 saturated heterocycles. The van der Waals surface area contributed by atoms with Gasteiger partial charge in [-0.05, 0) is 81.7 Å². The van der Waals surface area contributed by atoms with Gasteiger partial charge in [0.05, 0.1) is 35.6 Å². The van der Waals surface area contributed by atoms with Crippen molar-refractivity contribution in [2.75, 3.05) is 13.7 Å². The maximum Gasteiger partial charge on any atom is 0.338 e. The van der Waals surface area contributed by atoms with E-state index in [1.807, 2.05) is 80.6 Å². The first kappa shape index (κ1) is 33.9. The zero-order chi connectivity index (χ0) is 33.7. The second-order valence-corrected chi connectivity index (χ2v) is 13.1. The lowest BCUT2D eigenvalue weighted by molar-refractivity contribution is -0.139. The number of hydrogen-bond donors (Lipinski definition) is 0. The Morgan fingerprint density at radius 2 is 1.87 bits per heavy atom. The Labute approximate surface area is 286 Å². The third kappa shape index (κ3) is 7.44. The molecule has 244 valence electrons. The minimum Gasteiger partial charge on any atom is -0.493 e. The Hall–Kier alpha value is -4.41. The molecule has 10 heteroatoms. The van der Waals surface area contributed by atoms with Crippen LogP contribution in [0.3, 0.4) is 0 Å². The number of para-hydroxylation sites is 1. The van der Waals surface area contributed by atoms with Gasteiger partial charge in [-0.2, -0.15) is 0 Å². The number of benzene rings is 3. The van der Waals surface area contributed by atoms with Crippen LogP contribution in [0.1, 0.15) is 56.0 Å². The number of hydrogen-bond acceptors (Lipinski definition) is 8. The number of carbonyl (C=O) groups excluding carboxylic acids is 1. The lowest BCUT2D eigenvalue weighted by Crippen LogP contribution is -2.40. The quantitative estimate of drug-likeness (QED) is 0.120. The number of halogens is 1. The molecule has 0 N–H and O–H groups in total. The molecule has 1 aliphatic heterocycles. The molecule has 0 bridgehead atoms. The van der Waals surface area contributed by atoms with E-state index in [0.29, 0.717) is 56.4 Å². The van der Waals surface area contributed by atoms with Crippen LogP contribution in [0.25, 0.3) is 6.08 Å². The van der Waals surface area contributed by atoms with Crippen molar-refractivity contribution in [3.05, 3.63) is 131 Å². The molecule has 47 heavy (non-hydrogen) atoms. The number of aromatic nitrogens is 1. The molecule has 0 radical (unpaired) electrons. The van der Waals surface area contributed by atoms with Gasteiger partial charge in [0.1, 0.15) is 18.4 Å². The molecule has 4 aromatic rings. The van der Waals surface area contributed by atoms with E-state index < -0.39 is 12.0 Å². The fourth-order valence-electron chi connectivity index (χ4n) is 5.43. The molecule has 2 heterocycles. The van der Waals surface area contributed by atoms with Gasteiger partial charge in [-0.3, -0.25) is 9.36 Å². The maximum atomic E-state index is 14.3. The monoisotopic (exact) mass is 716 g/mol. The van der Waals surface area contributed by atoms with Gasteiger partial charge in [0.25, 0.3) is 5.56 Å². The van der Waals surface area contributed by atoms with Gasteiger partial charge in [0.2, 0.25) is 0 Å². The number of esters is 1. The van der Waals surface area contributed by atoms with E-state index in [2.05, 4.69) is 22.5 Å². The number of fused-ring (bicyclic) bond motifs is 1. The van der Waals surface area contributed by atoms with Crippen LogP contribution >= 0.6 is 27.3 Å². The Morgan fingerprint density at radius 3 is 2.55 bits per heavy atom. The van der Waals surface area contributed by atoms with Crippen LogP contribution in [-0.4, -0.2) is 30.4 Å². The van der Waals surface area contributed by atoms with E-state index in [9.17, 15) is 9.59 Å². The summed E-state index contributed by atoms with van der Waals surface area (Å²) in [4.78, 5) is 32.8. The number of nitrogens with zero attached hydrogens (tertiary/aromatic N) is 2. The highest BCUT2D eigenvalue weighted by atomic mass is 79.9. The van der Waals surface area contributed by atoms with Gasteiger partial charge in [-0.15, -0.1) is 6.58 Å². The molecule has 1 aromatic heterocycles. The zero-order valence-electron chi connectivity index (χ0n) is 27.0.